The van der Waals surface area contributed by atoms with Crippen molar-refractivity contribution in [2.24, 2.45) is 11.5 Å². The van der Waals surface area contributed by atoms with Crippen molar-refractivity contribution in [1.82, 2.24) is 0 Å². The molecule has 0 saturated heterocycles. The van der Waals surface area contributed by atoms with E-state index in [9.17, 15) is 9.59 Å². The predicted octanol–water partition coefficient (Wildman–Crippen LogP) is -0.693. The smallest absolute Gasteiger partial charge is 0.330 e. The van der Waals surface area contributed by atoms with Gasteiger partial charge in [0.05, 0.1) is 0 Å². The van der Waals surface area contributed by atoms with Gasteiger partial charge in [0.2, 0.25) is 0 Å². The van der Waals surface area contributed by atoms with Crippen LogP contribution in [0.3, 0.4) is 0 Å². The van der Waals surface area contributed by atoms with E-state index in [4.69, 9.17) is 11.5 Å². The average Bonchev–Trinajstić information content (AvgIpc) is 2.04. The highest BCUT2D eigenvalue weighted by molar-refractivity contribution is 5.90. The summed E-state index contributed by atoms with van der Waals surface area (Å²) in [5, 5.41) is 0. The minimum absolute atomic E-state index is 0.269. The summed E-state index contributed by atoms with van der Waals surface area (Å²) >= 11 is 0. The molecule has 0 aliphatic rings. The minimum Gasteiger partial charge on any atom is -0.391 e. The van der Waals surface area contributed by atoms with Crippen molar-refractivity contribution in [3.63, 3.8) is 0 Å². The Labute approximate surface area is 76.7 Å². The summed E-state index contributed by atoms with van der Waals surface area (Å²) in [6.07, 6.45) is 1.74. The van der Waals surface area contributed by atoms with Gasteiger partial charge in [-0.15, -0.1) is 6.58 Å². The van der Waals surface area contributed by atoms with Crippen molar-refractivity contribution in [2.45, 2.75) is 25.4 Å². The molecule has 5 nitrogen and oxygen atoms in total. The van der Waals surface area contributed by atoms with Gasteiger partial charge in [-0.3, -0.25) is 0 Å². The van der Waals surface area contributed by atoms with Crippen LogP contribution in [-0.2, 0) is 14.3 Å². The van der Waals surface area contributed by atoms with Crippen LogP contribution in [0.15, 0.2) is 12.7 Å². The number of nitrogens with two attached hydrogens (primary N) is 2. The zero-order valence-electron chi connectivity index (χ0n) is 7.53. The quantitative estimate of drug-likeness (QED) is 0.344. The van der Waals surface area contributed by atoms with Crippen LogP contribution in [0.2, 0.25) is 0 Å². The molecule has 0 aromatic rings. The van der Waals surface area contributed by atoms with Crippen molar-refractivity contribution >= 4 is 11.9 Å². The summed E-state index contributed by atoms with van der Waals surface area (Å²) in [5.41, 5.74) is 10.5. The zero-order valence-corrected chi connectivity index (χ0v) is 7.53. The molecule has 0 rings (SSSR count). The summed E-state index contributed by atoms with van der Waals surface area (Å²) in [6, 6.07) is -1.67. The third-order valence-corrected chi connectivity index (χ3v) is 1.30. The second-order valence-electron chi connectivity index (χ2n) is 2.66. The molecule has 5 heteroatoms. The first-order valence-electron chi connectivity index (χ1n) is 3.86. The van der Waals surface area contributed by atoms with Crippen LogP contribution in [0.25, 0.3) is 0 Å². The van der Waals surface area contributed by atoms with Gasteiger partial charge in [0.25, 0.3) is 0 Å². The van der Waals surface area contributed by atoms with Gasteiger partial charge in [0, 0.05) is 0 Å². The first-order valence-corrected chi connectivity index (χ1v) is 3.86. The van der Waals surface area contributed by atoms with Gasteiger partial charge in [-0.05, 0) is 13.3 Å². The number of carbonyl (C=O) groups excluding carboxylic acids is 2. The van der Waals surface area contributed by atoms with Gasteiger partial charge < -0.3 is 16.2 Å². The van der Waals surface area contributed by atoms with Gasteiger partial charge >= 0.3 is 11.9 Å². The molecule has 0 amide bonds. The zero-order chi connectivity index (χ0) is 10.4. The Bertz CT molecular complexity index is 213. The van der Waals surface area contributed by atoms with Crippen molar-refractivity contribution in [3.05, 3.63) is 12.7 Å². The molecule has 74 valence electrons. The summed E-state index contributed by atoms with van der Waals surface area (Å²) < 4.78 is 4.35. The van der Waals surface area contributed by atoms with E-state index < -0.39 is 24.0 Å². The largest absolute Gasteiger partial charge is 0.391 e. The maximum Gasteiger partial charge on any atom is 0.330 e. The van der Waals surface area contributed by atoms with Crippen LogP contribution < -0.4 is 11.5 Å². The Kier molecular flexibility index (Phi) is 4.94. The van der Waals surface area contributed by atoms with Crippen molar-refractivity contribution in [1.29, 1.82) is 0 Å². The Morgan fingerprint density at radius 1 is 1.46 bits per heavy atom. The van der Waals surface area contributed by atoms with Crippen molar-refractivity contribution < 1.29 is 14.3 Å². The molecule has 0 saturated carbocycles. The monoisotopic (exact) mass is 186 g/mol. The van der Waals surface area contributed by atoms with E-state index in [0.29, 0.717) is 0 Å². The van der Waals surface area contributed by atoms with E-state index >= 15 is 0 Å². The number of esters is 2. The molecule has 0 fully saturated rings. The maximum absolute atomic E-state index is 11.0. The lowest BCUT2D eigenvalue weighted by Gasteiger charge is -2.09. The Morgan fingerprint density at radius 3 is 2.38 bits per heavy atom. The van der Waals surface area contributed by atoms with Gasteiger partial charge in [-0.25, -0.2) is 9.59 Å². The van der Waals surface area contributed by atoms with Gasteiger partial charge in [0.15, 0.2) is 0 Å². The Balaban J connectivity index is 3.99. The number of carbonyl (C=O) groups is 2. The van der Waals surface area contributed by atoms with Crippen LogP contribution in [0.4, 0.5) is 0 Å². The topological polar surface area (TPSA) is 95.4 Å². The molecule has 0 heterocycles. The van der Waals surface area contributed by atoms with Crippen molar-refractivity contribution in [2.75, 3.05) is 0 Å². The highest BCUT2D eigenvalue weighted by Crippen LogP contribution is 1.94. The van der Waals surface area contributed by atoms with Crippen LogP contribution in [0.5, 0.6) is 0 Å². The van der Waals surface area contributed by atoms with E-state index in [0.717, 1.165) is 0 Å². The summed E-state index contributed by atoms with van der Waals surface area (Å²) in [5.74, 6) is -1.55. The molecule has 0 aromatic carbocycles. The van der Waals surface area contributed by atoms with E-state index in [-0.39, 0.29) is 6.42 Å². The fourth-order valence-corrected chi connectivity index (χ4v) is 0.544. The minimum atomic E-state index is -0.847. The fourth-order valence-electron chi connectivity index (χ4n) is 0.544. The van der Waals surface area contributed by atoms with Crippen LogP contribution in [0, 0.1) is 0 Å². The Morgan fingerprint density at radius 2 is 2.00 bits per heavy atom. The van der Waals surface area contributed by atoms with E-state index in [1.165, 1.54) is 13.0 Å². The number of hydrogen-bond acceptors (Lipinski definition) is 5. The molecule has 0 aliphatic carbocycles. The molecular formula is C8H14N2O3. The van der Waals surface area contributed by atoms with Crippen LogP contribution >= 0.6 is 0 Å². The summed E-state index contributed by atoms with van der Waals surface area (Å²) in [7, 11) is 0. The molecule has 0 bridgehead atoms. The third-order valence-electron chi connectivity index (χ3n) is 1.30. The van der Waals surface area contributed by atoms with Gasteiger partial charge in [0.1, 0.15) is 12.1 Å². The average molecular weight is 186 g/mol. The van der Waals surface area contributed by atoms with Gasteiger partial charge in [-0.2, -0.15) is 0 Å². The first-order chi connectivity index (χ1) is 5.99. The number of ether oxygens (including phenoxy) is 1. The summed E-state index contributed by atoms with van der Waals surface area (Å²) in [6.45, 7) is 4.83. The third kappa shape index (κ3) is 4.39. The standard InChI is InChI=1S/C8H14N2O3/c1-3-4-6(10)8(12)13-7(11)5(2)9/h3,5-6H,1,4,9-10H2,2H3/t5-,6?/m0/s1. The highest BCUT2D eigenvalue weighted by atomic mass is 16.6. The predicted molar refractivity (Wildman–Crippen MR) is 47.5 cm³/mol. The second-order valence-corrected chi connectivity index (χ2v) is 2.66. The molecule has 0 aromatic heterocycles. The first kappa shape index (κ1) is 11.8. The molecule has 1 unspecified atom stereocenters. The lowest BCUT2D eigenvalue weighted by Crippen LogP contribution is -2.38. The maximum atomic E-state index is 11.0. The normalized spacial score (nSPS) is 14.4. The van der Waals surface area contributed by atoms with Gasteiger partial charge in [-0.1, -0.05) is 6.08 Å². The molecular weight excluding hydrogens is 172 g/mol. The highest BCUT2D eigenvalue weighted by Gasteiger charge is 2.19. The lowest BCUT2D eigenvalue weighted by molar-refractivity contribution is -0.161. The number of hydrogen-bond donors (Lipinski definition) is 2. The molecule has 0 radical (unpaired) electrons. The molecule has 13 heavy (non-hydrogen) atoms. The molecule has 2 atom stereocenters. The second kappa shape index (κ2) is 5.45. The SMILES string of the molecule is C=CCC(N)C(=O)OC(=O)[C@H](C)N. The van der Waals surface area contributed by atoms with E-state index in [1.54, 1.807) is 0 Å². The molecule has 0 aliphatic heterocycles. The molecule has 4 N–H and O–H groups in total. The van der Waals surface area contributed by atoms with Crippen LogP contribution in [0.1, 0.15) is 13.3 Å². The lowest BCUT2D eigenvalue weighted by atomic mass is 10.2. The summed E-state index contributed by atoms with van der Waals surface area (Å²) in [4.78, 5) is 21.8. The van der Waals surface area contributed by atoms with E-state index in [1.807, 2.05) is 0 Å². The van der Waals surface area contributed by atoms with Crippen LogP contribution in [-0.4, -0.2) is 24.0 Å². The fraction of sp³-hybridized carbons (Fsp3) is 0.500. The van der Waals surface area contributed by atoms with E-state index in [2.05, 4.69) is 11.3 Å². The Hall–Kier alpha value is -1.20. The van der Waals surface area contributed by atoms with Crippen molar-refractivity contribution in [3.8, 4) is 0 Å². The number of rotatable bonds is 4. The molecule has 0 spiro atoms.